The summed E-state index contributed by atoms with van der Waals surface area (Å²) in [7, 11) is 0. The van der Waals surface area contributed by atoms with Crippen LogP contribution in [-0.2, 0) is 0 Å². The first kappa shape index (κ1) is 12.8. The number of halogens is 2. The van der Waals surface area contributed by atoms with E-state index in [-0.39, 0.29) is 5.38 Å². The van der Waals surface area contributed by atoms with Crippen LogP contribution in [0.15, 0.2) is 28.8 Å². The minimum absolute atomic E-state index is 0.168. The third-order valence-corrected chi connectivity index (χ3v) is 3.72. The molecule has 0 N–H and O–H groups in total. The van der Waals surface area contributed by atoms with Crippen molar-refractivity contribution in [3.63, 3.8) is 0 Å². The molecule has 90 valence electrons. The highest BCUT2D eigenvalue weighted by Gasteiger charge is 2.16. The molecular weight excluding hydrogens is 351 g/mol. The minimum atomic E-state index is -0.168. The lowest BCUT2D eigenvalue weighted by molar-refractivity contribution is 0.420. The molecule has 0 amide bonds. The van der Waals surface area contributed by atoms with E-state index < -0.39 is 0 Å². The first-order valence-corrected chi connectivity index (χ1v) is 6.96. The van der Waals surface area contributed by atoms with Gasteiger partial charge in [-0.15, -0.1) is 11.6 Å². The Balaban J connectivity index is 2.27. The van der Waals surface area contributed by atoms with E-state index in [1.165, 1.54) is 0 Å². The van der Waals surface area contributed by atoms with Crippen LogP contribution in [0.4, 0.5) is 0 Å². The number of benzene rings is 1. The summed E-state index contributed by atoms with van der Waals surface area (Å²) in [6.45, 7) is 2.08. The van der Waals surface area contributed by atoms with Crippen molar-refractivity contribution in [2.45, 2.75) is 25.1 Å². The van der Waals surface area contributed by atoms with Crippen LogP contribution in [0.25, 0.3) is 11.5 Å². The number of aromatic nitrogens is 2. The summed E-state index contributed by atoms with van der Waals surface area (Å²) in [6, 6.07) is 7.89. The van der Waals surface area contributed by atoms with Crippen molar-refractivity contribution >= 4 is 34.2 Å². The van der Waals surface area contributed by atoms with Gasteiger partial charge in [-0.05, 0) is 41.1 Å². The zero-order valence-electron chi connectivity index (χ0n) is 9.36. The quantitative estimate of drug-likeness (QED) is 0.597. The molecule has 0 saturated heterocycles. The van der Waals surface area contributed by atoms with Gasteiger partial charge >= 0.3 is 0 Å². The smallest absolute Gasteiger partial charge is 0.259 e. The highest BCUT2D eigenvalue weighted by molar-refractivity contribution is 14.1. The molecule has 17 heavy (non-hydrogen) atoms. The minimum Gasteiger partial charge on any atom is -0.334 e. The molecule has 0 radical (unpaired) electrons. The third-order valence-electron chi connectivity index (χ3n) is 2.37. The Morgan fingerprint density at radius 3 is 2.88 bits per heavy atom. The van der Waals surface area contributed by atoms with Crippen molar-refractivity contribution in [1.29, 1.82) is 0 Å². The Bertz CT molecular complexity index is 501. The predicted octanol–water partition coefficient (Wildman–Crippen LogP) is 4.42. The van der Waals surface area contributed by atoms with Crippen LogP contribution < -0.4 is 0 Å². The van der Waals surface area contributed by atoms with Gasteiger partial charge in [0.05, 0.1) is 10.9 Å². The number of hydrogen-bond acceptors (Lipinski definition) is 3. The second kappa shape index (κ2) is 5.82. The van der Waals surface area contributed by atoms with Gasteiger partial charge in [0.1, 0.15) is 0 Å². The van der Waals surface area contributed by atoms with Crippen LogP contribution in [0.5, 0.6) is 0 Å². The first-order valence-electron chi connectivity index (χ1n) is 5.45. The summed E-state index contributed by atoms with van der Waals surface area (Å²) in [4.78, 5) is 4.35. The molecule has 1 heterocycles. The van der Waals surface area contributed by atoms with Crippen LogP contribution in [-0.4, -0.2) is 10.1 Å². The van der Waals surface area contributed by atoms with Gasteiger partial charge in [-0.1, -0.05) is 30.6 Å². The summed E-state index contributed by atoms with van der Waals surface area (Å²) in [5.41, 5.74) is 0.951. The molecular formula is C12H12ClIN2O. The van der Waals surface area contributed by atoms with Crippen molar-refractivity contribution in [1.82, 2.24) is 10.1 Å². The van der Waals surface area contributed by atoms with E-state index in [4.69, 9.17) is 16.1 Å². The normalized spacial score (nSPS) is 12.6. The summed E-state index contributed by atoms with van der Waals surface area (Å²) >= 11 is 8.41. The van der Waals surface area contributed by atoms with E-state index in [0.717, 1.165) is 22.0 Å². The maximum Gasteiger partial charge on any atom is 0.259 e. The maximum absolute atomic E-state index is 6.16. The molecule has 0 bridgehead atoms. The fourth-order valence-corrected chi connectivity index (χ4v) is 2.41. The van der Waals surface area contributed by atoms with Crippen molar-refractivity contribution < 1.29 is 4.52 Å². The van der Waals surface area contributed by atoms with Crippen molar-refractivity contribution in [3.8, 4) is 11.5 Å². The Kier molecular flexibility index (Phi) is 4.39. The zero-order valence-corrected chi connectivity index (χ0v) is 12.3. The Morgan fingerprint density at radius 2 is 2.18 bits per heavy atom. The lowest BCUT2D eigenvalue weighted by Gasteiger charge is -2.00. The van der Waals surface area contributed by atoms with E-state index in [0.29, 0.717) is 11.7 Å². The summed E-state index contributed by atoms with van der Waals surface area (Å²) in [5, 5.41) is 3.76. The summed E-state index contributed by atoms with van der Waals surface area (Å²) in [5.74, 6) is 1.11. The predicted molar refractivity (Wildman–Crippen MR) is 76.0 cm³/mol. The molecule has 0 aliphatic rings. The average Bonchev–Trinajstić information content (AvgIpc) is 2.79. The molecule has 2 rings (SSSR count). The molecule has 0 spiro atoms. The van der Waals surface area contributed by atoms with E-state index >= 15 is 0 Å². The second-order valence-corrected chi connectivity index (χ2v) is 5.38. The van der Waals surface area contributed by atoms with Gasteiger partial charge in [0.2, 0.25) is 0 Å². The lowest BCUT2D eigenvalue weighted by Crippen LogP contribution is -1.92. The Labute approximate surface area is 119 Å². The van der Waals surface area contributed by atoms with Crippen LogP contribution in [0.2, 0.25) is 0 Å². The van der Waals surface area contributed by atoms with Gasteiger partial charge in [-0.25, -0.2) is 0 Å². The molecule has 5 heteroatoms. The molecule has 3 nitrogen and oxygen atoms in total. The van der Waals surface area contributed by atoms with Gasteiger partial charge in [0, 0.05) is 3.57 Å². The van der Waals surface area contributed by atoms with Crippen LogP contribution >= 0.6 is 34.2 Å². The topological polar surface area (TPSA) is 38.9 Å². The molecule has 1 unspecified atom stereocenters. The zero-order chi connectivity index (χ0) is 12.3. The van der Waals surface area contributed by atoms with Crippen LogP contribution in [0, 0.1) is 3.57 Å². The Morgan fingerprint density at radius 1 is 1.41 bits per heavy atom. The molecule has 1 atom stereocenters. The number of alkyl halides is 1. The van der Waals surface area contributed by atoms with E-state index in [1.54, 1.807) is 0 Å². The van der Waals surface area contributed by atoms with E-state index in [9.17, 15) is 0 Å². The first-order chi connectivity index (χ1) is 8.22. The highest BCUT2D eigenvalue weighted by atomic mass is 127. The SMILES string of the molecule is CCCC(Cl)c1noc(-c2ccccc2I)n1. The molecule has 0 aliphatic carbocycles. The van der Waals surface area contributed by atoms with Gasteiger partial charge in [-0.2, -0.15) is 4.98 Å². The van der Waals surface area contributed by atoms with Crippen molar-refractivity contribution in [2.24, 2.45) is 0 Å². The van der Waals surface area contributed by atoms with E-state index in [1.807, 2.05) is 24.3 Å². The number of hydrogen-bond donors (Lipinski definition) is 0. The monoisotopic (exact) mass is 362 g/mol. The highest BCUT2D eigenvalue weighted by Crippen LogP contribution is 2.27. The van der Waals surface area contributed by atoms with Crippen LogP contribution in [0.3, 0.4) is 0 Å². The molecule has 2 aromatic rings. The largest absolute Gasteiger partial charge is 0.334 e. The number of nitrogens with zero attached hydrogens (tertiary/aromatic N) is 2. The van der Waals surface area contributed by atoms with Gasteiger partial charge in [-0.3, -0.25) is 0 Å². The second-order valence-electron chi connectivity index (χ2n) is 3.69. The maximum atomic E-state index is 6.16. The van der Waals surface area contributed by atoms with E-state index in [2.05, 4.69) is 39.7 Å². The van der Waals surface area contributed by atoms with Crippen molar-refractivity contribution in [2.75, 3.05) is 0 Å². The van der Waals surface area contributed by atoms with Gasteiger partial charge < -0.3 is 4.52 Å². The van der Waals surface area contributed by atoms with Gasteiger partial charge in [0.25, 0.3) is 5.89 Å². The third kappa shape index (κ3) is 2.98. The van der Waals surface area contributed by atoms with Crippen molar-refractivity contribution in [3.05, 3.63) is 33.7 Å². The molecule has 0 aliphatic heterocycles. The fourth-order valence-electron chi connectivity index (χ4n) is 1.49. The molecule has 0 saturated carbocycles. The average molecular weight is 363 g/mol. The number of rotatable bonds is 4. The lowest BCUT2D eigenvalue weighted by atomic mass is 10.2. The summed E-state index contributed by atoms with van der Waals surface area (Å²) in [6.07, 6.45) is 1.85. The standard InChI is InChI=1S/C12H12ClIN2O/c1-2-5-9(13)11-15-12(17-16-11)8-6-3-4-7-10(8)14/h3-4,6-7,9H,2,5H2,1H3. The van der Waals surface area contributed by atoms with Crippen LogP contribution in [0.1, 0.15) is 31.0 Å². The summed E-state index contributed by atoms with van der Waals surface area (Å²) < 4.78 is 6.33. The molecule has 1 aromatic heterocycles. The fraction of sp³-hybridized carbons (Fsp3) is 0.333. The molecule has 0 fully saturated rings. The molecule has 1 aromatic carbocycles. The Hall–Kier alpha value is -0.620. The van der Waals surface area contributed by atoms with Gasteiger partial charge in [0.15, 0.2) is 5.82 Å².